The summed E-state index contributed by atoms with van der Waals surface area (Å²) in [7, 11) is 0. The van der Waals surface area contributed by atoms with Crippen LogP contribution in [-0.4, -0.2) is 15.0 Å². The van der Waals surface area contributed by atoms with Crippen LogP contribution in [0.4, 0.5) is 13.2 Å². The number of rotatable bonds is 1. The van der Waals surface area contributed by atoms with Crippen LogP contribution in [0.3, 0.4) is 0 Å². The molecule has 0 spiro atoms. The highest BCUT2D eigenvalue weighted by Gasteiger charge is 2.33. The number of hydrogen-bond acceptors (Lipinski definition) is 3. The highest BCUT2D eigenvalue weighted by molar-refractivity contribution is 6.28. The molecule has 7 heteroatoms. The van der Waals surface area contributed by atoms with Crippen LogP contribution < -0.4 is 0 Å². The highest BCUT2D eigenvalue weighted by Crippen LogP contribution is 2.30. The molecular weight excluding hydrogens is 267 g/mol. The predicted molar refractivity (Wildman–Crippen MR) is 60.0 cm³/mol. The van der Waals surface area contributed by atoms with Gasteiger partial charge in [-0.15, -0.1) is 0 Å². The molecule has 0 atom stereocenters. The summed E-state index contributed by atoms with van der Waals surface area (Å²) in [4.78, 5) is 10.9. The maximum absolute atomic E-state index is 12.6. The number of pyridine rings is 1. The molecule has 0 bridgehead atoms. The SMILES string of the molecule is Cc1ccc(-c2cc(C(F)(F)F)nc(Cl)n2)cn1. The molecule has 0 fully saturated rings. The number of aromatic nitrogens is 3. The molecule has 2 rings (SSSR count). The van der Waals surface area contributed by atoms with Crippen molar-refractivity contribution in [2.45, 2.75) is 13.1 Å². The standard InChI is InChI=1S/C11H7ClF3N3/c1-6-2-3-7(5-16-6)8-4-9(11(13,14)15)18-10(12)17-8/h2-5H,1H3. The Morgan fingerprint density at radius 1 is 1.17 bits per heavy atom. The first-order chi connectivity index (χ1) is 8.36. The van der Waals surface area contributed by atoms with Gasteiger partial charge in [0.1, 0.15) is 5.69 Å². The second kappa shape index (κ2) is 4.53. The summed E-state index contributed by atoms with van der Waals surface area (Å²) in [6.07, 6.45) is -3.12. The van der Waals surface area contributed by atoms with Gasteiger partial charge in [-0.2, -0.15) is 13.2 Å². The zero-order valence-electron chi connectivity index (χ0n) is 9.16. The summed E-state index contributed by atoms with van der Waals surface area (Å²) in [5.41, 5.74) is 0.234. The van der Waals surface area contributed by atoms with E-state index in [-0.39, 0.29) is 5.69 Å². The topological polar surface area (TPSA) is 38.7 Å². The summed E-state index contributed by atoms with van der Waals surface area (Å²) >= 11 is 5.49. The average molecular weight is 274 g/mol. The van der Waals surface area contributed by atoms with Gasteiger partial charge in [-0.1, -0.05) is 0 Å². The van der Waals surface area contributed by atoms with Gasteiger partial charge in [0.05, 0.1) is 5.69 Å². The van der Waals surface area contributed by atoms with Crippen LogP contribution in [0.5, 0.6) is 0 Å². The van der Waals surface area contributed by atoms with E-state index in [2.05, 4.69) is 15.0 Å². The smallest absolute Gasteiger partial charge is 0.261 e. The number of halogens is 4. The molecule has 0 unspecified atom stereocenters. The van der Waals surface area contributed by atoms with Crippen LogP contribution in [0.1, 0.15) is 11.4 Å². The van der Waals surface area contributed by atoms with Gasteiger partial charge in [-0.05, 0) is 36.7 Å². The van der Waals surface area contributed by atoms with Crippen molar-refractivity contribution >= 4 is 11.6 Å². The van der Waals surface area contributed by atoms with E-state index in [0.717, 1.165) is 11.8 Å². The highest BCUT2D eigenvalue weighted by atomic mass is 35.5. The Morgan fingerprint density at radius 2 is 1.89 bits per heavy atom. The third-order valence-electron chi connectivity index (χ3n) is 2.20. The normalized spacial score (nSPS) is 11.6. The second-order valence-electron chi connectivity index (χ2n) is 3.59. The number of nitrogens with zero attached hydrogens (tertiary/aromatic N) is 3. The van der Waals surface area contributed by atoms with E-state index in [0.29, 0.717) is 5.56 Å². The lowest BCUT2D eigenvalue weighted by atomic mass is 10.1. The molecule has 0 aliphatic rings. The molecule has 0 N–H and O–H groups in total. The molecular formula is C11H7ClF3N3. The van der Waals surface area contributed by atoms with Gasteiger partial charge < -0.3 is 0 Å². The van der Waals surface area contributed by atoms with Crippen molar-refractivity contribution in [1.29, 1.82) is 0 Å². The van der Waals surface area contributed by atoms with Gasteiger partial charge in [0.15, 0.2) is 0 Å². The summed E-state index contributed by atoms with van der Waals surface area (Å²) < 4.78 is 37.7. The van der Waals surface area contributed by atoms with E-state index in [1.54, 1.807) is 19.1 Å². The first-order valence-corrected chi connectivity index (χ1v) is 5.29. The van der Waals surface area contributed by atoms with Gasteiger partial charge in [-0.25, -0.2) is 9.97 Å². The summed E-state index contributed by atoms with van der Waals surface area (Å²) in [5.74, 6) is 0. The maximum atomic E-state index is 12.6. The zero-order chi connectivity index (χ0) is 13.3. The van der Waals surface area contributed by atoms with Gasteiger partial charge in [0.25, 0.3) is 0 Å². The van der Waals surface area contributed by atoms with E-state index in [4.69, 9.17) is 11.6 Å². The average Bonchev–Trinajstić information content (AvgIpc) is 2.28. The molecule has 0 amide bonds. The Bertz CT molecular complexity index is 567. The van der Waals surface area contributed by atoms with Crippen molar-refractivity contribution in [3.8, 4) is 11.3 Å². The molecule has 2 aromatic rings. The van der Waals surface area contributed by atoms with Crippen LogP contribution in [0.25, 0.3) is 11.3 Å². The van der Waals surface area contributed by atoms with Crippen molar-refractivity contribution in [2.75, 3.05) is 0 Å². The fourth-order valence-corrected chi connectivity index (χ4v) is 1.51. The molecule has 94 valence electrons. The molecule has 2 heterocycles. The molecule has 0 saturated carbocycles. The summed E-state index contributed by atoms with van der Waals surface area (Å²) in [5, 5.41) is -0.444. The Kier molecular flexibility index (Phi) is 3.21. The number of alkyl halides is 3. The number of aryl methyl sites for hydroxylation is 1. The Morgan fingerprint density at radius 3 is 2.44 bits per heavy atom. The molecule has 0 aliphatic carbocycles. The molecule has 18 heavy (non-hydrogen) atoms. The molecule has 2 aromatic heterocycles. The largest absolute Gasteiger partial charge is 0.433 e. The van der Waals surface area contributed by atoms with E-state index in [1.807, 2.05) is 0 Å². The van der Waals surface area contributed by atoms with E-state index in [9.17, 15) is 13.2 Å². The van der Waals surface area contributed by atoms with Crippen molar-refractivity contribution in [3.63, 3.8) is 0 Å². The lowest BCUT2D eigenvalue weighted by Crippen LogP contribution is -2.09. The summed E-state index contributed by atoms with van der Waals surface area (Å²) in [6, 6.07) is 4.15. The fourth-order valence-electron chi connectivity index (χ4n) is 1.33. The van der Waals surface area contributed by atoms with Crippen LogP contribution in [-0.2, 0) is 6.18 Å². The van der Waals surface area contributed by atoms with Crippen molar-refractivity contribution in [2.24, 2.45) is 0 Å². The quantitative estimate of drug-likeness (QED) is 0.746. The number of hydrogen-bond donors (Lipinski definition) is 0. The van der Waals surface area contributed by atoms with E-state index < -0.39 is 17.2 Å². The molecule has 0 aromatic carbocycles. The van der Waals surface area contributed by atoms with E-state index in [1.165, 1.54) is 6.20 Å². The van der Waals surface area contributed by atoms with Crippen LogP contribution >= 0.6 is 11.6 Å². The van der Waals surface area contributed by atoms with Crippen molar-refractivity contribution in [1.82, 2.24) is 15.0 Å². The molecule has 0 saturated heterocycles. The fraction of sp³-hybridized carbons (Fsp3) is 0.182. The first kappa shape index (κ1) is 12.8. The van der Waals surface area contributed by atoms with E-state index >= 15 is 0 Å². The maximum Gasteiger partial charge on any atom is 0.433 e. The van der Waals surface area contributed by atoms with Crippen LogP contribution in [0.2, 0.25) is 5.28 Å². The van der Waals surface area contributed by atoms with Gasteiger partial charge in [0, 0.05) is 17.5 Å². The third-order valence-corrected chi connectivity index (χ3v) is 2.37. The predicted octanol–water partition coefficient (Wildman–Crippen LogP) is 3.52. The minimum atomic E-state index is -4.56. The Balaban J connectivity index is 2.52. The van der Waals surface area contributed by atoms with Crippen molar-refractivity contribution < 1.29 is 13.2 Å². The molecule has 0 radical (unpaired) electrons. The lowest BCUT2D eigenvalue weighted by molar-refractivity contribution is -0.141. The van der Waals surface area contributed by atoms with Gasteiger partial charge >= 0.3 is 6.18 Å². The monoisotopic (exact) mass is 273 g/mol. The first-order valence-electron chi connectivity index (χ1n) is 4.91. The lowest BCUT2D eigenvalue weighted by Gasteiger charge is -2.08. The van der Waals surface area contributed by atoms with Crippen LogP contribution in [0.15, 0.2) is 24.4 Å². The molecule has 0 aliphatic heterocycles. The minimum Gasteiger partial charge on any atom is -0.261 e. The van der Waals surface area contributed by atoms with Gasteiger partial charge in [0.2, 0.25) is 5.28 Å². The molecule has 3 nitrogen and oxygen atoms in total. The zero-order valence-corrected chi connectivity index (χ0v) is 9.92. The van der Waals surface area contributed by atoms with Crippen LogP contribution in [0, 0.1) is 6.92 Å². The minimum absolute atomic E-state index is 0.0924. The Hall–Kier alpha value is -1.69. The van der Waals surface area contributed by atoms with Crippen molar-refractivity contribution in [3.05, 3.63) is 41.1 Å². The second-order valence-corrected chi connectivity index (χ2v) is 3.93. The summed E-state index contributed by atoms with van der Waals surface area (Å²) in [6.45, 7) is 1.78. The third kappa shape index (κ3) is 2.76. The Labute approximate surface area is 106 Å². The van der Waals surface area contributed by atoms with Gasteiger partial charge in [-0.3, -0.25) is 4.98 Å².